The van der Waals surface area contributed by atoms with Crippen LogP contribution in [0.1, 0.15) is 19.3 Å². The van der Waals surface area contributed by atoms with Crippen molar-refractivity contribution in [2.75, 3.05) is 30.8 Å². The van der Waals surface area contributed by atoms with Gasteiger partial charge in [0.05, 0.1) is 6.10 Å². The largest absolute Gasteiger partial charge is 0.381 e. The third kappa shape index (κ3) is 2.87. The number of hydrogen-bond acceptors (Lipinski definition) is 4. The predicted molar refractivity (Wildman–Crippen MR) is 65.4 cm³/mol. The van der Waals surface area contributed by atoms with Crippen LogP contribution in [0.5, 0.6) is 0 Å². The molecule has 1 aliphatic heterocycles. The van der Waals surface area contributed by atoms with Gasteiger partial charge in [0.15, 0.2) is 23.3 Å². The number of nitrogens with two attached hydrogens (primary N) is 1. The topological polar surface area (TPSA) is 51.4 Å². The molecule has 100 valence electrons. The van der Waals surface area contributed by atoms with E-state index in [1.54, 1.807) is 11.9 Å². The zero-order valence-electron chi connectivity index (χ0n) is 10.3. The van der Waals surface area contributed by atoms with Crippen LogP contribution in [-0.2, 0) is 4.74 Å². The molecule has 0 bridgehead atoms. The van der Waals surface area contributed by atoms with Crippen LogP contribution in [0.25, 0.3) is 0 Å². The second-order valence-corrected chi connectivity index (χ2v) is 4.53. The van der Waals surface area contributed by atoms with Crippen molar-refractivity contribution in [2.24, 2.45) is 0 Å². The summed E-state index contributed by atoms with van der Waals surface area (Å²) in [5, 5.41) is 0. The third-order valence-corrected chi connectivity index (χ3v) is 3.05. The minimum Gasteiger partial charge on any atom is -0.381 e. The maximum absolute atomic E-state index is 13.6. The summed E-state index contributed by atoms with van der Waals surface area (Å²) in [6.45, 7) is 1.26. The highest BCUT2D eigenvalue weighted by Crippen LogP contribution is 2.21. The molecule has 1 aliphatic rings. The van der Waals surface area contributed by atoms with Crippen LogP contribution >= 0.6 is 0 Å². The summed E-state index contributed by atoms with van der Waals surface area (Å²) < 4.78 is 32.2. The highest BCUT2D eigenvalue weighted by atomic mass is 19.1. The van der Waals surface area contributed by atoms with E-state index >= 15 is 0 Å². The van der Waals surface area contributed by atoms with E-state index in [2.05, 4.69) is 4.98 Å². The van der Waals surface area contributed by atoms with Gasteiger partial charge in [-0.1, -0.05) is 0 Å². The van der Waals surface area contributed by atoms with Crippen LogP contribution < -0.4 is 10.6 Å². The Bertz CT molecular complexity index is 422. The fraction of sp³-hybridized carbons (Fsp3) is 0.583. The van der Waals surface area contributed by atoms with Gasteiger partial charge in [-0.2, -0.15) is 0 Å². The van der Waals surface area contributed by atoms with Gasteiger partial charge in [-0.15, -0.1) is 0 Å². The lowest BCUT2D eigenvalue weighted by Gasteiger charge is -2.28. The third-order valence-electron chi connectivity index (χ3n) is 3.05. The number of likely N-dealkylation sites (N-methyl/N-ethyl adjacent to an activating group) is 1. The SMILES string of the molecule is CN(CC1CCCCO1)c1nc(N)c(F)cc1F. The Hall–Kier alpha value is -1.43. The summed E-state index contributed by atoms with van der Waals surface area (Å²) in [5.74, 6) is -1.77. The number of rotatable bonds is 3. The first-order valence-corrected chi connectivity index (χ1v) is 6.02. The van der Waals surface area contributed by atoms with Crippen molar-refractivity contribution in [3.05, 3.63) is 17.7 Å². The molecule has 1 unspecified atom stereocenters. The molecule has 0 aromatic carbocycles. The molecule has 0 spiro atoms. The summed E-state index contributed by atoms with van der Waals surface area (Å²) in [6, 6.07) is 0.760. The van der Waals surface area contributed by atoms with Gasteiger partial charge in [-0.25, -0.2) is 13.8 Å². The Morgan fingerprint density at radius 1 is 1.44 bits per heavy atom. The second kappa shape index (κ2) is 5.48. The van der Waals surface area contributed by atoms with Crippen LogP contribution in [0, 0.1) is 11.6 Å². The van der Waals surface area contributed by atoms with Gasteiger partial charge in [0, 0.05) is 26.3 Å². The van der Waals surface area contributed by atoms with Crippen LogP contribution in [-0.4, -0.2) is 31.3 Å². The molecule has 1 aromatic heterocycles. The van der Waals surface area contributed by atoms with Crippen molar-refractivity contribution < 1.29 is 13.5 Å². The summed E-state index contributed by atoms with van der Waals surface area (Å²) >= 11 is 0. The first-order valence-electron chi connectivity index (χ1n) is 6.02. The summed E-state index contributed by atoms with van der Waals surface area (Å²) in [5.41, 5.74) is 5.35. The minimum absolute atomic E-state index is 0.0584. The molecule has 0 saturated carbocycles. The fourth-order valence-corrected chi connectivity index (χ4v) is 2.08. The van der Waals surface area contributed by atoms with E-state index in [9.17, 15) is 8.78 Å². The zero-order valence-corrected chi connectivity index (χ0v) is 10.3. The molecule has 2 N–H and O–H groups in total. The molecule has 0 radical (unpaired) electrons. The van der Waals surface area contributed by atoms with Gasteiger partial charge >= 0.3 is 0 Å². The average molecular weight is 257 g/mol. The molecular formula is C12H17F2N3O. The number of pyridine rings is 1. The zero-order chi connectivity index (χ0) is 13.1. The summed E-state index contributed by atoms with van der Waals surface area (Å²) in [6.07, 6.45) is 3.19. The molecule has 0 aliphatic carbocycles. The molecule has 6 heteroatoms. The van der Waals surface area contributed by atoms with Crippen molar-refractivity contribution in [3.63, 3.8) is 0 Å². The van der Waals surface area contributed by atoms with Crippen LogP contribution in [0.4, 0.5) is 20.4 Å². The van der Waals surface area contributed by atoms with E-state index in [4.69, 9.17) is 10.5 Å². The molecule has 1 saturated heterocycles. The number of nitrogens with zero attached hydrogens (tertiary/aromatic N) is 2. The summed E-state index contributed by atoms with van der Waals surface area (Å²) in [7, 11) is 1.70. The van der Waals surface area contributed by atoms with Gasteiger partial charge in [0.1, 0.15) is 0 Å². The Morgan fingerprint density at radius 3 is 2.89 bits per heavy atom. The Kier molecular flexibility index (Phi) is 3.96. The Morgan fingerprint density at radius 2 is 2.22 bits per heavy atom. The lowest BCUT2D eigenvalue weighted by molar-refractivity contribution is 0.0215. The van der Waals surface area contributed by atoms with E-state index in [0.29, 0.717) is 6.54 Å². The molecule has 4 nitrogen and oxygen atoms in total. The van der Waals surface area contributed by atoms with Crippen molar-refractivity contribution in [2.45, 2.75) is 25.4 Å². The van der Waals surface area contributed by atoms with Crippen molar-refractivity contribution in [3.8, 4) is 0 Å². The first-order chi connectivity index (χ1) is 8.58. The fourth-order valence-electron chi connectivity index (χ4n) is 2.08. The lowest BCUT2D eigenvalue weighted by Crippen LogP contribution is -2.34. The van der Waals surface area contributed by atoms with Gasteiger partial charge in [0.2, 0.25) is 0 Å². The number of aromatic nitrogens is 1. The predicted octanol–water partition coefficient (Wildman–Crippen LogP) is 1.95. The van der Waals surface area contributed by atoms with Crippen LogP contribution in [0.3, 0.4) is 0 Å². The smallest absolute Gasteiger partial charge is 0.168 e. The second-order valence-electron chi connectivity index (χ2n) is 4.53. The molecule has 1 fully saturated rings. The maximum atomic E-state index is 13.6. The standard InChI is InChI=1S/C12H17F2N3O/c1-17(7-8-4-2-3-5-18-8)12-10(14)6-9(13)11(15)16-12/h6,8H,2-5,7H2,1H3,(H2,15,16). The number of ether oxygens (including phenoxy) is 1. The van der Waals surface area contributed by atoms with Crippen molar-refractivity contribution >= 4 is 11.6 Å². The minimum atomic E-state index is -0.835. The van der Waals surface area contributed by atoms with Crippen LogP contribution in [0.15, 0.2) is 6.07 Å². The number of anilines is 2. The summed E-state index contributed by atoms with van der Waals surface area (Å²) in [4.78, 5) is 5.35. The van der Waals surface area contributed by atoms with Gasteiger partial charge in [0.25, 0.3) is 0 Å². The normalized spacial score (nSPS) is 19.8. The Balaban J connectivity index is 2.08. The van der Waals surface area contributed by atoms with E-state index < -0.39 is 11.6 Å². The molecule has 2 heterocycles. The molecule has 2 rings (SSSR count). The van der Waals surface area contributed by atoms with E-state index in [-0.39, 0.29) is 17.7 Å². The molecule has 1 atom stereocenters. The van der Waals surface area contributed by atoms with E-state index in [1.165, 1.54) is 0 Å². The molecule has 18 heavy (non-hydrogen) atoms. The van der Waals surface area contributed by atoms with Crippen LogP contribution in [0.2, 0.25) is 0 Å². The number of nitrogen functional groups attached to an aromatic ring is 1. The highest BCUT2D eigenvalue weighted by molar-refractivity contribution is 5.46. The number of hydrogen-bond donors (Lipinski definition) is 1. The van der Waals surface area contributed by atoms with Crippen molar-refractivity contribution in [1.29, 1.82) is 0 Å². The molecule has 0 amide bonds. The monoisotopic (exact) mass is 257 g/mol. The molecule has 1 aromatic rings. The van der Waals surface area contributed by atoms with Crippen molar-refractivity contribution in [1.82, 2.24) is 4.98 Å². The molecular weight excluding hydrogens is 240 g/mol. The number of halogens is 2. The van der Waals surface area contributed by atoms with Gasteiger partial charge < -0.3 is 15.4 Å². The van der Waals surface area contributed by atoms with Gasteiger partial charge in [-0.05, 0) is 19.3 Å². The highest BCUT2D eigenvalue weighted by Gasteiger charge is 2.19. The first kappa shape index (κ1) is 13.0. The quantitative estimate of drug-likeness (QED) is 0.899. The average Bonchev–Trinajstić information content (AvgIpc) is 2.35. The van der Waals surface area contributed by atoms with Gasteiger partial charge in [-0.3, -0.25) is 0 Å². The lowest BCUT2D eigenvalue weighted by atomic mass is 10.1. The van der Waals surface area contributed by atoms with E-state index in [1.807, 2.05) is 0 Å². The Labute approximate surface area is 105 Å². The van der Waals surface area contributed by atoms with E-state index in [0.717, 1.165) is 31.9 Å². The maximum Gasteiger partial charge on any atom is 0.168 e.